The molecule has 1 N–H and O–H groups in total. The molecule has 3 aromatic carbocycles. The minimum absolute atomic E-state index is 0.0191. The van der Waals surface area contributed by atoms with Crippen LogP contribution in [-0.4, -0.2) is 43.8 Å². The molecular formula is C36H43N5O3S. The molecule has 9 heteroatoms. The number of Topliss-reactive ketones (excluding diaryl/α,β-unsaturated/α-hetero) is 1. The van der Waals surface area contributed by atoms with Gasteiger partial charge in [0.15, 0.2) is 5.78 Å². The number of benzene rings is 3. The number of thioether (sulfide) groups is 1. The van der Waals surface area contributed by atoms with Crippen molar-refractivity contribution in [3.63, 3.8) is 0 Å². The maximum absolute atomic E-state index is 13.3. The molecule has 1 heterocycles. The summed E-state index contributed by atoms with van der Waals surface area (Å²) in [5.74, 6) is 2.15. The van der Waals surface area contributed by atoms with Gasteiger partial charge in [-0.2, -0.15) is 4.68 Å². The number of tetrazole rings is 1. The number of ether oxygens (including phenoxy) is 1. The monoisotopic (exact) mass is 625 g/mol. The summed E-state index contributed by atoms with van der Waals surface area (Å²) in [6, 6.07) is 21.8. The van der Waals surface area contributed by atoms with Crippen molar-refractivity contribution in [1.29, 1.82) is 0 Å². The maximum atomic E-state index is 13.3. The number of aromatic nitrogens is 4. The first-order chi connectivity index (χ1) is 21.8. The van der Waals surface area contributed by atoms with Crippen LogP contribution in [0.3, 0.4) is 0 Å². The molecule has 0 saturated heterocycles. The quantitative estimate of drug-likeness (QED) is 0.136. The van der Waals surface area contributed by atoms with Gasteiger partial charge in [-0.25, -0.2) is 0 Å². The molecule has 0 radical (unpaired) electrons. The fraction of sp³-hybridized carbons (Fsp3) is 0.417. The van der Waals surface area contributed by atoms with Crippen molar-refractivity contribution in [2.24, 2.45) is 11.8 Å². The van der Waals surface area contributed by atoms with Crippen LogP contribution in [0.1, 0.15) is 80.4 Å². The summed E-state index contributed by atoms with van der Waals surface area (Å²) in [6.07, 6.45) is 5.88. The molecule has 0 saturated carbocycles. The van der Waals surface area contributed by atoms with E-state index in [2.05, 4.69) is 66.7 Å². The average Bonchev–Trinajstić information content (AvgIpc) is 3.62. The Bertz CT molecular complexity index is 1600. The maximum Gasteiger partial charge on any atom is 0.224 e. The van der Waals surface area contributed by atoms with Crippen LogP contribution in [0.2, 0.25) is 0 Å². The van der Waals surface area contributed by atoms with Crippen LogP contribution in [0.5, 0.6) is 5.75 Å². The summed E-state index contributed by atoms with van der Waals surface area (Å²) in [5, 5.41) is 15.3. The summed E-state index contributed by atoms with van der Waals surface area (Å²) in [4.78, 5) is 26.1. The predicted octanol–water partition coefficient (Wildman–Crippen LogP) is 7.54. The number of ketones is 1. The summed E-state index contributed by atoms with van der Waals surface area (Å²) >= 11 is 1.36. The van der Waals surface area contributed by atoms with E-state index in [1.165, 1.54) is 29.3 Å². The van der Waals surface area contributed by atoms with Crippen molar-refractivity contribution < 1.29 is 14.3 Å². The molecule has 1 amide bonds. The lowest BCUT2D eigenvalue weighted by Gasteiger charge is -2.15. The van der Waals surface area contributed by atoms with Crippen LogP contribution < -0.4 is 10.1 Å². The van der Waals surface area contributed by atoms with Crippen molar-refractivity contribution >= 4 is 29.1 Å². The normalized spacial score (nSPS) is 14.3. The lowest BCUT2D eigenvalue weighted by molar-refractivity contribution is -0.116. The van der Waals surface area contributed by atoms with Crippen molar-refractivity contribution in [3.05, 3.63) is 89.0 Å². The van der Waals surface area contributed by atoms with E-state index in [0.29, 0.717) is 54.1 Å². The largest absolute Gasteiger partial charge is 0.493 e. The van der Waals surface area contributed by atoms with Crippen molar-refractivity contribution in [3.8, 4) is 11.4 Å². The highest BCUT2D eigenvalue weighted by Gasteiger charge is 2.33. The number of aryl methyl sites for hydroxylation is 2. The highest BCUT2D eigenvalue weighted by molar-refractivity contribution is 8.00. The second-order valence-corrected chi connectivity index (χ2v) is 13.7. The van der Waals surface area contributed by atoms with Gasteiger partial charge in [0.05, 0.1) is 17.5 Å². The number of carbonyl (C=O) groups excluding carboxylic acids is 2. The summed E-state index contributed by atoms with van der Waals surface area (Å²) in [5.41, 5.74) is 5.68. The number of anilines is 1. The van der Waals surface area contributed by atoms with E-state index in [0.717, 1.165) is 36.3 Å². The predicted molar refractivity (Wildman–Crippen MR) is 179 cm³/mol. The topological polar surface area (TPSA) is 99.0 Å². The van der Waals surface area contributed by atoms with E-state index in [4.69, 9.17) is 4.74 Å². The van der Waals surface area contributed by atoms with Gasteiger partial charge >= 0.3 is 0 Å². The Morgan fingerprint density at radius 1 is 1.00 bits per heavy atom. The number of amides is 1. The fourth-order valence-corrected chi connectivity index (χ4v) is 6.47. The molecule has 5 rings (SSSR count). The first kappa shape index (κ1) is 32.4. The molecule has 236 valence electrons. The minimum Gasteiger partial charge on any atom is -0.493 e. The van der Waals surface area contributed by atoms with E-state index in [1.807, 2.05) is 42.5 Å². The number of hydrogen-bond donors (Lipinski definition) is 1. The zero-order chi connectivity index (χ0) is 31.8. The van der Waals surface area contributed by atoms with E-state index >= 15 is 0 Å². The fourth-order valence-electron chi connectivity index (χ4n) is 5.40. The molecule has 0 bridgehead atoms. The van der Waals surface area contributed by atoms with Crippen LogP contribution in [0.4, 0.5) is 5.69 Å². The van der Waals surface area contributed by atoms with E-state index in [1.54, 1.807) is 10.7 Å². The lowest BCUT2D eigenvalue weighted by atomic mass is 9.97. The second-order valence-electron chi connectivity index (χ2n) is 12.6. The third-order valence-corrected chi connectivity index (χ3v) is 9.11. The molecule has 1 aliphatic carbocycles. The number of rotatable bonds is 15. The number of para-hydroxylation sites is 1. The highest BCUT2D eigenvalue weighted by atomic mass is 32.2. The molecule has 1 aromatic heterocycles. The van der Waals surface area contributed by atoms with Gasteiger partial charge in [-0.15, -0.1) is 5.10 Å². The van der Waals surface area contributed by atoms with Crippen molar-refractivity contribution in [1.82, 2.24) is 20.2 Å². The van der Waals surface area contributed by atoms with Crippen molar-refractivity contribution in [2.75, 3.05) is 11.9 Å². The first-order valence-corrected chi connectivity index (χ1v) is 16.9. The highest BCUT2D eigenvalue weighted by Crippen LogP contribution is 2.35. The van der Waals surface area contributed by atoms with Gasteiger partial charge < -0.3 is 10.1 Å². The van der Waals surface area contributed by atoms with Gasteiger partial charge in [0, 0.05) is 17.7 Å². The molecule has 1 aliphatic rings. The van der Waals surface area contributed by atoms with Crippen LogP contribution in [0.15, 0.2) is 71.9 Å². The molecule has 0 fully saturated rings. The van der Waals surface area contributed by atoms with Gasteiger partial charge in [0.1, 0.15) is 5.75 Å². The molecule has 0 spiro atoms. The Morgan fingerprint density at radius 3 is 2.56 bits per heavy atom. The Balaban J connectivity index is 1.12. The average molecular weight is 626 g/mol. The standard InChI is InChI=1S/C36H43N5O3S/c1-24(2)12-14-26-15-19-32(28(21-26)16-13-25(3)4)44-20-8-11-34(42)37-29-18-17-27-22-33(35(43)31(27)23-29)45-36-38-39-40-41(36)30-9-6-5-7-10-30/h5-7,9-10,15,17-19,21,23-25,33H,8,11-14,16,20,22H2,1-4H3,(H,37,42)/t33-/m0/s1. The van der Waals surface area contributed by atoms with E-state index in [9.17, 15) is 9.59 Å². The Labute approximate surface area is 270 Å². The zero-order valence-electron chi connectivity index (χ0n) is 26.7. The summed E-state index contributed by atoms with van der Waals surface area (Å²) < 4.78 is 7.82. The third-order valence-electron chi connectivity index (χ3n) is 7.98. The zero-order valence-corrected chi connectivity index (χ0v) is 27.5. The lowest BCUT2D eigenvalue weighted by Crippen LogP contribution is -2.14. The second kappa shape index (κ2) is 15.3. The van der Waals surface area contributed by atoms with Gasteiger partial charge in [0.25, 0.3) is 0 Å². The van der Waals surface area contributed by atoms with Gasteiger partial charge in [-0.3, -0.25) is 9.59 Å². The number of carbonyl (C=O) groups is 2. The molecule has 45 heavy (non-hydrogen) atoms. The Morgan fingerprint density at radius 2 is 1.78 bits per heavy atom. The molecule has 8 nitrogen and oxygen atoms in total. The number of hydrogen-bond acceptors (Lipinski definition) is 7. The van der Waals surface area contributed by atoms with E-state index in [-0.39, 0.29) is 16.9 Å². The molecular weight excluding hydrogens is 582 g/mol. The van der Waals surface area contributed by atoms with Crippen LogP contribution >= 0.6 is 11.8 Å². The van der Waals surface area contributed by atoms with Gasteiger partial charge in [-0.1, -0.05) is 75.9 Å². The molecule has 4 aromatic rings. The SMILES string of the molecule is CC(C)CCc1ccc(OCCCC(=O)Nc2ccc3c(c2)C(=O)[C@@H](Sc2nnnn2-c2ccccc2)C3)c(CCC(C)C)c1. The minimum atomic E-state index is -0.328. The third kappa shape index (κ3) is 8.81. The molecule has 1 atom stereocenters. The summed E-state index contributed by atoms with van der Waals surface area (Å²) in [7, 11) is 0. The van der Waals surface area contributed by atoms with Crippen LogP contribution in [0.25, 0.3) is 5.69 Å². The van der Waals surface area contributed by atoms with E-state index < -0.39 is 0 Å². The molecule has 0 unspecified atom stereocenters. The number of nitrogens with one attached hydrogen (secondary N) is 1. The molecule has 0 aliphatic heterocycles. The van der Waals surface area contributed by atoms with Crippen molar-refractivity contribution in [2.45, 2.75) is 83.0 Å². The number of nitrogens with zero attached hydrogens (tertiary/aromatic N) is 4. The Kier molecular flexibility index (Phi) is 11.1. The van der Waals surface area contributed by atoms with Gasteiger partial charge in [-0.05, 0) is 108 Å². The Hall–Kier alpha value is -3.98. The number of fused-ring (bicyclic) bond motifs is 1. The summed E-state index contributed by atoms with van der Waals surface area (Å²) in [6.45, 7) is 9.47. The smallest absolute Gasteiger partial charge is 0.224 e. The van der Waals surface area contributed by atoms with Crippen LogP contribution in [0, 0.1) is 11.8 Å². The van der Waals surface area contributed by atoms with Gasteiger partial charge in [0.2, 0.25) is 11.1 Å². The van der Waals surface area contributed by atoms with Crippen LogP contribution in [-0.2, 0) is 24.1 Å². The first-order valence-electron chi connectivity index (χ1n) is 16.0.